The minimum Gasteiger partial charge on any atom is -0.462 e. The van der Waals surface area contributed by atoms with E-state index in [1.165, 1.54) is 77.0 Å². The second kappa shape index (κ2) is 60.4. The molecule has 0 spiro atoms. The Bertz CT molecular complexity index is 1540. The summed E-state index contributed by atoms with van der Waals surface area (Å²) >= 11 is 0. The monoisotopic (exact) mass is 1010 g/mol. The Balaban J connectivity index is 4.17. The van der Waals surface area contributed by atoms with Crippen molar-refractivity contribution in [2.24, 2.45) is 0 Å². The molecule has 0 fully saturated rings. The molecule has 0 aliphatic carbocycles. The van der Waals surface area contributed by atoms with Crippen molar-refractivity contribution >= 4 is 17.9 Å². The molecule has 0 amide bonds. The highest BCUT2D eigenvalue weighted by Gasteiger charge is 2.19. The van der Waals surface area contributed by atoms with Crippen LogP contribution in [-0.4, -0.2) is 37.2 Å². The van der Waals surface area contributed by atoms with Crippen molar-refractivity contribution in [3.63, 3.8) is 0 Å². The quantitative estimate of drug-likeness (QED) is 0.0261. The summed E-state index contributed by atoms with van der Waals surface area (Å²) < 4.78 is 16.7. The van der Waals surface area contributed by atoms with Gasteiger partial charge in [-0.2, -0.15) is 0 Å². The lowest BCUT2D eigenvalue weighted by molar-refractivity contribution is -0.167. The van der Waals surface area contributed by atoms with Gasteiger partial charge < -0.3 is 14.2 Å². The zero-order valence-electron chi connectivity index (χ0n) is 47.4. The molecule has 0 aliphatic heterocycles. The van der Waals surface area contributed by atoms with E-state index < -0.39 is 6.10 Å². The molecular formula is C67H110O6. The Morgan fingerprint density at radius 3 is 0.849 bits per heavy atom. The number of carbonyl (C=O) groups is 3. The maximum Gasteiger partial charge on any atom is 0.306 e. The van der Waals surface area contributed by atoms with Crippen LogP contribution in [0.15, 0.2) is 122 Å². The van der Waals surface area contributed by atoms with Crippen LogP contribution in [0.1, 0.15) is 265 Å². The van der Waals surface area contributed by atoms with Crippen molar-refractivity contribution < 1.29 is 28.6 Å². The summed E-state index contributed by atoms with van der Waals surface area (Å²) in [6.07, 6.45) is 83.7. The van der Waals surface area contributed by atoms with Gasteiger partial charge in [0, 0.05) is 19.3 Å². The van der Waals surface area contributed by atoms with Gasteiger partial charge in [-0.15, -0.1) is 0 Å². The van der Waals surface area contributed by atoms with E-state index in [-0.39, 0.29) is 31.1 Å². The number of allylic oxidation sites excluding steroid dienone is 20. The second-order valence-electron chi connectivity index (χ2n) is 19.5. The Hall–Kier alpha value is -4.19. The second-order valence-corrected chi connectivity index (χ2v) is 19.5. The molecule has 0 aromatic rings. The number of esters is 3. The average molecular weight is 1010 g/mol. The third-order valence-electron chi connectivity index (χ3n) is 12.5. The van der Waals surface area contributed by atoms with Crippen molar-refractivity contribution in [3.8, 4) is 0 Å². The van der Waals surface area contributed by atoms with Crippen LogP contribution in [0.5, 0.6) is 0 Å². The number of unbranched alkanes of at least 4 members (excludes halogenated alkanes) is 22. The van der Waals surface area contributed by atoms with Gasteiger partial charge in [-0.05, 0) is 116 Å². The first kappa shape index (κ1) is 68.8. The van der Waals surface area contributed by atoms with E-state index in [0.29, 0.717) is 19.3 Å². The number of ether oxygens (including phenoxy) is 3. The summed E-state index contributed by atoms with van der Waals surface area (Å²) in [7, 11) is 0. The first-order valence-corrected chi connectivity index (χ1v) is 30.0. The lowest BCUT2D eigenvalue weighted by Gasteiger charge is -2.18. The molecule has 0 rings (SSSR count). The van der Waals surface area contributed by atoms with E-state index in [4.69, 9.17) is 14.2 Å². The van der Waals surface area contributed by atoms with Crippen LogP contribution in [0.3, 0.4) is 0 Å². The maximum atomic E-state index is 12.8. The van der Waals surface area contributed by atoms with Crippen LogP contribution in [-0.2, 0) is 28.6 Å². The van der Waals surface area contributed by atoms with E-state index in [2.05, 4.69) is 142 Å². The Kier molecular flexibility index (Phi) is 56.9. The number of carbonyl (C=O) groups excluding carboxylic acids is 3. The summed E-state index contributed by atoms with van der Waals surface area (Å²) in [5, 5.41) is 0. The lowest BCUT2D eigenvalue weighted by Crippen LogP contribution is -2.30. The molecule has 1 unspecified atom stereocenters. The van der Waals surface area contributed by atoms with Crippen LogP contribution in [0, 0.1) is 0 Å². The predicted octanol–water partition coefficient (Wildman–Crippen LogP) is 20.4. The van der Waals surface area contributed by atoms with E-state index in [1.807, 2.05) is 0 Å². The van der Waals surface area contributed by atoms with E-state index in [1.54, 1.807) is 0 Å². The molecule has 0 saturated carbocycles. The predicted molar refractivity (Wildman–Crippen MR) is 316 cm³/mol. The molecule has 6 nitrogen and oxygen atoms in total. The average Bonchev–Trinajstić information content (AvgIpc) is 3.39. The normalized spacial score (nSPS) is 13.0. The molecule has 6 heteroatoms. The van der Waals surface area contributed by atoms with Gasteiger partial charge in [0.25, 0.3) is 0 Å². The zero-order valence-corrected chi connectivity index (χ0v) is 47.4. The summed E-state index contributed by atoms with van der Waals surface area (Å²) in [6, 6.07) is 0. The molecule has 414 valence electrons. The third-order valence-corrected chi connectivity index (χ3v) is 12.5. The fourth-order valence-corrected chi connectivity index (χ4v) is 7.96. The van der Waals surface area contributed by atoms with Crippen LogP contribution in [0.25, 0.3) is 0 Å². The van der Waals surface area contributed by atoms with Crippen molar-refractivity contribution in [3.05, 3.63) is 122 Å². The van der Waals surface area contributed by atoms with Gasteiger partial charge in [0.2, 0.25) is 0 Å². The van der Waals surface area contributed by atoms with Crippen LogP contribution >= 0.6 is 0 Å². The number of hydrogen-bond donors (Lipinski definition) is 0. The van der Waals surface area contributed by atoms with Gasteiger partial charge in [0.05, 0.1) is 0 Å². The summed E-state index contributed by atoms with van der Waals surface area (Å²) in [4.78, 5) is 37.9. The zero-order chi connectivity index (χ0) is 52.9. The minimum absolute atomic E-state index is 0.0887. The summed E-state index contributed by atoms with van der Waals surface area (Å²) in [5.41, 5.74) is 0. The topological polar surface area (TPSA) is 78.9 Å². The first-order chi connectivity index (χ1) is 36.0. The smallest absolute Gasteiger partial charge is 0.306 e. The number of rotatable bonds is 53. The van der Waals surface area contributed by atoms with Gasteiger partial charge in [-0.3, -0.25) is 14.4 Å². The fraction of sp³-hybridized carbons (Fsp3) is 0.657. The van der Waals surface area contributed by atoms with Crippen LogP contribution in [0.2, 0.25) is 0 Å². The number of hydrogen-bond acceptors (Lipinski definition) is 6. The molecule has 0 saturated heterocycles. The first-order valence-electron chi connectivity index (χ1n) is 30.0. The molecular weight excluding hydrogens is 901 g/mol. The van der Waals surface area contributed by atoms with Crippen LogP contribution < -0.4 is 0 Å². The highest BCUT2D eigenvalue weighted by molar-refractivity contribution is 5.71. The Labute approximate surface area is 450 Å². The molecule has 0 aromatic heterocycles. The molecule has 0 heterocycles. The van der Waals surface area contributed by atoms with Crippen LogP contribution in [0.4, 0.5) is 0 Å². The minimum atomic E-state index is -0.789. The van der Waals surface area contributed by atoms with Crippen molar-refractivity contribution in [2.45, 2.75) is 271 Å². The molecule has 73 heavy (non-hydrogen) atoms. The maximum absolute atomic E-state index is 12.8. The van der Waals surface area contributed by atoms with Gasteiger partial charge in [-0.1, -0.05) is 251 Å². The van der Waals surface area contributed by atoms with Gasteiger partial charge in [0.1, 0.15) is 13.2 Å². The third kappa shape index (κ3) is 58.6. The molecule has 0 aromatic carbocycles. The highest BCUT2D eigenvalue weighted by Crippen LogP contribution is 2.14. The van der Waals surface area contributed by atoms with Gasteiger partial charge >= 0.3 is 17.9 Å². The Morgan fingerprint density at radius 2 is 0.534 bits per heavy atom. The van der Waals surface area contributed by atoms with Crippen molar-refractivity contribution in [1.82, 2.24) is 0 Å². The molecule has 1 atom stereocenters. The summed E-state index contributed by atoms with van der Waals surface area (Å²) in [5.74, 6) is -0.928. The molecule has 0 bridgehead atoms. The highest BCUT2D eigenvalue weighted by atomic mass is 16.6. The van der Waals surface area contributed by atoms with E-state index in [9.17, 15) is 14.4 Å². The van der Waals surface area contributed by atoms with E-state index in [0.717, 1.165) is 148 Å². The molecule has 0 N–H and O–H groups in total. The largest absolute Gasteiger partial charge is 0.462 e. The van der Waals surface area contributed by atoms with Gasteiger partial charge in [-0.25, -0.2) is 0 Å². The fourth-order valence-electron chi connectivity index (χ4n) is 7.96. The SMILES string of the molecule is CC/C=C\C/C=C\C/C=C\C/C=C\C/C=C\C/C=C\C/C=C\C/C=C\C/C=C\CCCCCCCC(=O)OCC(COC(=O)CCCCCCCC)OC(=O)CCCCCCC/C=C\CCCCCCCCC. The lowest BCUT2D eigenvalue weighted by atomic mass is 10.1. The molecule has 0 radical (unpaired) electrons. The Morgan fingerprint density at radius 1 is 0.288 bits per heavy atom. The standard InChI is InChI=1S/C67H110O6/c1-4-7-10-13-16-18-20-22-24-26-27-28-29-30-31-32-33-34-35-36-37-38-39-40-41-42-44-45-47-49-51-54-57-60-66(69)72-63-64(62-71-65(68)59-56-53-15-12-9-6-3)73-67(70)61-58-55-52-50-48-46-43-25-23-21-19-17-14-11-8-5-2/h7,10,16,18,22,24-25,27-28,30-31,33-34,36-37,39-40,42-44,64H,4-6,8-9,11-15,17,19-21,23,26,29,32,35,38,41,45-63H2,1-3H3/b10-7-,18-16-,24-22-,28-27-,31-30-,34-33-,37-36-,40-39-,43-25-,44-42-. The van der Waals surface area contributed by atoms with Gasteiger partial charge in [0.15, 0.2) is 6.10 Å². The van der Waals surface area contributed by atoms with Crippen molar-refractivity contribution in [2.75, 3.05) is 13.2 Å². The molecule has 0 aliphatic rings. The van der Waals surface area contributed by atoms with Crippen molar-refractivity contribution in [1.29, 1.82) is 0 Å². The summed E-state index contributed by atoms with van der Waals surface area (Å²) in [6.45, 7) is 6.44. The van der Waals surface area contributed by atoms with E-state index >= 15 is 0 Å².